The van der Waals surface area contributed by atoms with Gasteiger partial charge < -0.3 is 20.2 Å². The van der Waals surface area contributed by atoms with Crippen molar-refractivity contribution < 1.29 is 19.1 Å². The number of halogens is 1. The van der Waals surface area contributed by atoms with E-state index in [9.17, 15) is 14.0 Å². The lowest BCUT2D eigenvalue weighted by molar-refractivity contribution is 0.0910. The molecule has 0 radical (unpaired) electrons. The number of aromatic nitrogens is 1. The molecule has 160 valence electrons. The predicted octanol–water partition coefficient (Wildman–Crippen LogP) is 3.08. The minimum absolute atomic E-state index is 0.110. The van der Waals surface area contributed by atoms with Crippen molar-refractivity contribution in [1.82, 2.24) is 20.1 Å². The van der Waals surface area contributed by atoms with Gasteiger partial charge in [0.25, 0.3) is 5.91 Å². The van der Waals surface area contributed by atoms with Crippen molar-refractivity contribution in [2.45, 2.75) is 25.3 Å². The summed E-state index contributed by atoms with van der Waals surface area (Å²) in [6, 6.07) is 9.73. The van der Waals surface area contributed by atoms with Gasteiger partial charge in [-0.05, 0) is 50.1 Å². The monoisotopic (exact) mass is 414 g/mol. The molecule has 0 spiro atoms. The smallest absolute Gasteiger partial charge is 0.407 e. The van der Waals surface area contributed by atoms with Crippen LogP contribution in [0.2, 0.25) is 0 Å². The number of hydrogen-bond donors (Lipinski definition) is 2. The van der Waals surface area contributed by atoms with Crippen molar-refractivity contribution in [3.63, 3.8) is 0 Å². The summed E-state index contributed by atoms with van der Waals surface area (Å²) in [5, 5.41) is 11.9. The van der Waals surface area contributed by atoms with Crippen LogP contribution in [0.25, 0.3) is 11.3 Å². The summed E-state index contributed by atoms with van der Waals surface area (Å²) in [5.41, 5.74) is 1.77. The lowest BCUT2D eigenvalue weighted by atomic mass is 10.0. The van der Waals surface area contributed by atoms with Crippen molar-refractivity contribution in [1.29, 1.82) is 0 Å². The highest BCUT2D eigenvalue weighted by Gasteiger charge is 2.21. The highest BCUT2D eigenvalue weighted by molar-refractivity contribution is 5.94. The summed E-state index contributed by atoms with van der Waals surface area (Å²) in [6.45, 7) is 3.12. The highest BCUT2D eigenvalue weighted by atomic mass is 19.1. The number of rotatable bonds is 7. The molecule has 30 heavy (non-hydrogen) atoms. The molecule has 0 saturated carbocycles. The van der Waals surface area contributed by atoms with Gasteiger partial charge in [0.2, 0.25) is 0 Å². The lowest BCUT2D eigenvalue weighted by Gasteiger charge is -2.32. The largest absolute Gasteiger partial charge is 0.465 e. The normalized spacial score (nSPS) is 15.0. The van der Waals surface area contributed by atoms with E-state index in [1.165, 1.54) is 23.2 Å². The molecule has 1 aromatic carbocycles. The first-order chi connectivity index (χ1) is 14.4. The van der Waals surface area contributed by atoms with Crippen molar-refractivity contribution in [2.24, 2.45) is 0 Å². The van der Waals surface area contributed by atoms with E-state index >= 15 is 0 Å². The number of pyridine rings is 1. The average Bonchev–Trinajstić information content (AvgIpc) is 2.75. The molecule has 2 N–H and O–H groups in total. The molecule has 3 rings (SSSR count). The van der Waals surface area contributed by atoms with Gasteiger partial charge >= 0.3 is 6.09 Å². The van der Waals surface area contributed by atoms with Gasteiger partial charge in [-0.15, -0.1) is 0 Å². The summed E-state index contributed by atoms with van der Waals surface area (Å²) >= 11 is 0. The van der Waals surface area contributed by atoms with Crippen molar-refractivity contribution in [3.05, 3.63) is 54.0 Å². The van der Waals surface area contributed by atoms with Crippen LogP contribution in [0.1, 0.15) is 29.6 Å². The zero-order valence-corrected chi connectivity index (χ0v) is 17.1. The number of carbonyl (C=O) groups is 2. The van der Waals surface area contributed by atoms with Crippen molar-refractivity contribution in [3.8, 4) is 11.3 Å². The van der Waals surface area contributed by atoms with E-state index in [1.54, 1.807) is 31.3 Å². The molecule has 7 nitrogen and oxygen atoms in total. The molecule has 8 heteroatoms. The van der Waals surface area contributed by atoms with Gasteiger partial charge in [0.05, 0.1) is 11.3 Å². The first kappa shape index (κ1) is 21.7. The van der Waals surface area contributed by atoms with E-state index in [1.807, 2.05) is 0 Å². The maximum atomic E-state index is 13.4. The van der Waals surface area contributed by atoms with Crippen LogP contribution in [-0.4, -0.2) is 71.2 Å². The van der Waals surface area contributed by atoms with Crippen LogP contribution in [0, 0.1) is 5.82 Å². The average molecular weight is 414 g/mol. The van der Waals surface area contributed by atoms with Gasteiger partial charge in [0.15, 0.2) is 0 Å². The standard InChI is InChI=1S/C22H27FN4O3/c1-26(22(29)30)10-3-11-27-12-8-19(9-13-27)25-21(28)17-6-7-20(24-15-17)16-4-2-5-18(23)14-16/h2,4-7,14-15,19H,3,8-13H2,1H3,(H,25,28)(H,29,30). The molecule has 2 aromatic rings. The summed E-state index contributed by atoms with van der Waals surface area (Å²) in [6.07, 6.45) is 3.12. The number of carbonyl (C=O) groups excluding carboxylic acids is 1. The van der Waals surface area contributed by atoms with Crippen LogP contribution in [0.3, 0.4) is 0 Å². The number of nitrogens with one attached hydrogen (secondary N) is 1. The zero-order chi connectivity index (χ0) is 21.5. The number of piperidine rings is 1. The summed E-state index contributed by atoms with van der Waals surface area (Å²) in [4.78, 5) is 31.2. The van der Waals surface area contributed by atoms with E-state index < -0.39 is 6.09 Å². The SMILES string of the molecule is CN(CCCN1CCC(NC(=O)c2ccc(-c3cccc(F)c3)nc2)CC1)C(=O)O. The van der Waals surface area contributed by atoms with Crippen LogP contribution in [0.5, 0.6) is 0 Å². The Morgan fingerprint density at radius 2 is 2.03 bits per heavy atom. The van der Waals surface area contributed by atoms with E-state index in [0.29, 0.717) is 23.4 Å². The number of amides is 2. The fraction of sp³-hybridized carbons (Fsp3) is 0.409. The van der Waals surface area contributed by atoms with Crippen molar-refractivity contribution >= 4 is 12.0 Å². The van der Waals surface area contributed by atoms with Crippen LogP contribution in [-0.2, 0) is 0 Å². The van der Waals surface area contributed by atoms with Gasteiger partial charge in [-0.1, -0.05) is 12.1 Å². The van der Waals surface area contributed by atoms with E-state index in [-0.39, 0.29) is 17.8 Å². The molecule has 0 atom stereocenters. The van der Waals surface area contributed by atoms with E-state index in [4.69, 9.17) is 5.11 Å². The molecule has 2 amide bonds. The van der Waals surface area contributed by atoms with Crippen molar-refractivity contribution in [2.75, 3.05) is 33.2 Å². The van der Waals surface area contributed by atoms with Crippen LogP contribution < -0.4 is 5.32 Å². The number of benzene rings is 1. The highest BCUT2D eigenvalue weighted by Crippen LogP contribution is 2.18. The van der Waals surface area contributed by atoms with Gasteiger partial charge in [-0.3, -0.25) is 9.78 Å². The molecule has 1 saturated heterocycles. The summed E-state index contributed by atoms with van der Waals surface area (Å²) in [7, 11) is 1.57. The first-order valence-corrected chi connectivity index (χ1v) is 10.1. The zero-order valence-electron chi connectivity index (χ0n) is 17.1. The maximum absolute atomic E-state index is 13.4. The fourth-order valence-corrected chi connectivity index (χ4v) is 3.54. The molecule has 1 aromatic heterocycles. The second kappa shape index (κ2) is 10.2. The van der Waals surface area contributed by atoms with Crippen LogP contribution in [0.15, 0.2) is 42.6 Å². The Morgan fingerprint density at radius 3 is 2.67 bits per heavy atom. The molecule has 0 aliphatic carbocycles. The molecular weight excluding hydrogens is 387 g/mol. The first-order valence-electron chi connectivity index (χ1n) is 10.1. The number of hydrogen-bond acceptors (Lipinski definition) is 4. The Kier molecular flexibility index (Phi) is 7.35. The number of likely N-dealkylation sites (tertiary alicyclic amines) is 1. The molecule has 1 aliphatic rings. The minimum atomic E-state index is -0.908. The Labute approximate surface area is 175 Å². The lowest BCUT2D eigenvalue weighted by Crippen LogP contribution is -2.45. The second-order valence-electron chi connectivity index (χ2n) is 7.59. The van der Waals surface area contributed by atoms with Gasteiger partial charge in [0.1, 0.15) is 5.82 Å². The third kappa shape index (κ3) is 6.00. The van der Waals surface area contributed by atoms with Gasteiger partial charge in [0, 0.05) is 44.5 Å². The minimum Gasteiger partial charge on any atom is -0.465 e. The third-order valence-electron chi connectivity index (χ3n) is 5.36. The molecule has 2 heterocycles. The van der Waals surface area contributed by atoms with Gasteiger partial charge in [-0.2, -0.15) is 0 Å². The number of carboxylic acid groups (broad SMARTS) is 1. The Morgan fingerprint density at radius 1 is 1.27 bits per heavy atom. The Balaban J connectivity index is 1.44. The van der Waals surface area contributed by atoms with E-state index in [2.05, 4.69) is 15.2 Å². The predicted molar refractivity (Wildman–Crippen MR) is 112 cm³/mol. The second-order valence-corrected chi connectivity index (χ2v) is 7.59. The Bertz CT molecular complexity index is 867. The molecule has 1 aliphatic heterocycles. The topological polar surface area (TPSA) is 85.8 Å². The molecule has 0 bridgehead atoms. The summed E-state index contributed by atoms with van der Waals surface area (Å²) < 4.78 is 13.4. The maximum Gasteiger partial charge on any atom is 0.407 e. The fourth-order valence-electron chi connectivity index (χ4n) is 3.54. The molecular formula is C22H27FN4O3. The third-order valence-corrected chi connectivity index (χ3v) is 5.36. The quantitative estimate of drug-likeness (QED) is 0.727. The molecule has 0 unspecified atom stereocenters. The summed E-state index contributed by atoms with van der Waals surface area (Å²) in [5.74, 6) is -0.480. The van der Waals surface area contributed by atoms with E-state index in [0.717, 1.165) is 38.9 Å². The van der Waals surface area contributed by atoms with Crippen LogP contribution in [0.4, 0.5) is 9.18 Å². The molecule has 1 fully saturated rings. The Hall–Kier alpha value is -3.00. The van der Waals surface area contributed by atoms with Crippen LogP contribution >= 0.6 is 0 Å². The van der Waals surface area contributed by atoms with Gasteiger partial charge in [-0.25, -0.2) is 9.18 Å². The number of nitrogens with zero attached hydrogens (tertiary/aromatic N) is 3.